The minimum Gasteiger partial charge on any atom is -0.192 e. The quantitative estimate of drug-likeness (QED) is 0.631. The molecule has 0 fully saturated rings. The Labute approximate surface area is 72.1 Å². The molecule has 2 heteroatoms. The third kappa shape index (κ3) is 1.55. The van der Waals surface area contributed by atoms with Gasteiger partial charge in [0.15, 0.2) is 0 Å². The second-order valence-corrected chi connectivity index (χ2v) is 2.76. The van der Waals surface area contributed by atoms with E-state index in [1.54, 1.807) is 0 Å². The van der Waals surface area contributed by atoms with Crippen LogP contribution in [0, 0.1) is 11.3 Å². The molecule has 0 saturated heterocycles. The molecule has 0 radical (unpaired) electrons. The van der Waals surface area contributed by atoms with Gasteiger partial charge in [-0.15, -0.1) is 12.6 Å². The van der Waals surface area contributed by atoms with Gasteiger partial charge in [-0.05, 0) is 18.1 Å². The van der Waals surface area contributed by atoms with E-state index in [9.17, 15) is 0 Å². The number of benzene rings is 1. The lowest BCUT2D eigenvalue weighted by Gasteiger charge is -2.01. The fourth-order valence-corrected chi connectivity index (χ4v) is 1.29. The lowest BCUT2D eigenvalue weighted by molar-refractivity contribution is 1.11. The third-order valence-corrected chi connectivity index (χ3v) is 1.99. The van der Waals surface area contributed by atoms with Gasteiger partial charge in [0.2, 0.25) is 0 Å². The number of thiol groups is 1. The standard InChI is InChI=1S/C9H9NS/c1-2-7-4-3-5-9(11)8(7)6-10/h3-5,11H,2H2,1H3. The maximum Gasteiger partial charge on any atom is 0.101 e. The molecule has 1 nitrogen and oxygen atoms in total. The summed E-state index contributed by atoms with van der Waals surface area (Å²) in [6.45, 7) is 2.03. The summed E-state index contributed by atoms with van der Waals surface area (Å²) in [6, 6.07) is 7.85. The van der Waals surface area contributed by atoms with Gasteiger partial charge < -0.3 is 0 Å². The molecular weight excluding hydrogens is 154 g/mol. The first-order chi connectivity index (χ1) is 5.29. The molecule has 0 aliphatic heterocycles. The number of aryl methyl sites for hydroxylation is 1. The van der Waals surface area contributed by atoms with Crippen molar-refractivity contribution >= 4 is 12.6 Å². The molecule has 0 aliphatic rings. The Morgan fingerprint density at radius 1 is 1.55 bits per heavy atom. The Hall–Kier alpha value is -0.940. The summed E-state index contributed by atoms with van der Waals surface area (Å²) in [7, 11) is 0. The summed E-state index contributed by atoms with van der Waals surface area (Å²) >= 11 is 4.18. The van der Waals surface area contributed by atoms with Crippen molar-refractivity contribution in [2.75, 3.05) is 0 Å². The molecule has 1 rings (SSSR count). The van der Waals surface area contributed by atoms with Crippen molar-refractivity contribution in [3.8, 4) is 6.07 Å². The summed E-state index contributed by atoms with van der Waals surface area (Å²) in [5, 5.41) is 8.73. The van der Waals surface area contributed by atoms with Crippen LogP contribution in [0.1, 0.15) is 18.1 Å². The topological polar surface area (TPSA) is 23.8 Å². The second kappa shape index (κ2) is 3.45. The van der Waals surface area contributed by atoms with E-state index in [4.69, 9.17) is 5.26 Å². The molecule has 0 unspecified atom stereocenters. The predicted molar refractivity (Wildman–Crippen MR) is 47.8 cm³/mol. The van der Waals surface area contributed by atoms with E-state index in [1.165, 1.54) is 0 Å². The Morgan fingerprint density at radius 3 is 2.73 bits per heavy atom. The summed E-state index contributed by atoms with van der Waals surface area (Å²) < 4.78 is 0. The van der Waals surface area contributed by atoms with Crippen molar-refractivity contribution in [2.24, 2.45) is 0 Å². The van der Waals surface area contributed by atoms with Crippen LogP contribution in [0.15, 0.2) is 23.1 Å². The van der Waals surface area contributed by atoms with Crippen LogP contribution >= 0.6 is 12.6 Å². The average molecular weight is 163 g/mol. The molecule has 0 heterocycles. The summed E-state index contributed by atoms with van der Waals surface area (Å²) in [4.78, 5) is 0.770. The van der Waals surface area contributed by atoms with Crippen molar-refractivity contribution in [1.29, 1.82) is 5.26 Å². The Bertz CT molecular complexity index is 299. The highest BCUT2D eigenvalue weighted by Crippen LogP contribution is 2.17. The fourth-order valence-electron chi connectivity index (χ4n) is 1.01. The van der Waals surface area contributed by atoms with Crippen molar-refractivity contribution < 1.29 is 0 Å². The van der Waals surface area contributed by atoms with E-state index in [-0.39, 0.29) is 0 Å². The number of nitrogens with zero attached hydrogens (tertiary/aromatic N) is 1. The molecule has 0 spiro atoms. The zero-order valence-electron chi connectivity index (χ0n) is 6.33. The van der Waals surface area contributed by atoms with Gasteiger partial charge in [0.1, 0.15) is 6.07 Å². The van der Waals surface area contributed by atoms with Crippen molar-refractivity contribution in [2.45, 2.75) is 18.2 Å². The lowest BCUT2D eigenvalue weighted by Crippen LogP contribution is -1.87. The van der Waals surface area contributed by atoms with Crippen LogP contribution < -0.4 is 0 Å². The first-order valence-corrected chi connectivity index (χ1v) is 3.95. The number of nitriles is 1. The zero-order valence-corrected chi connectivity index (χ0v) is 7.23. The Morgan fingerprint density at radius 2 is 2.27 bits per heavy atom. The molecule has 0 bridgehead atoms. The van der Waals surface area contributed by atoms with Crippen LogP contribution in [0.4, 0.5) is 0 Å². The number of hydrogen-bond acceptors (Lipinski definition) is 2. The molecule has 0 atom stereocenters. The van der Waals surface area contributed by atoms with Crippen molar-refractivity contribution in [3.05, 3.63) is 29.3 Å². The summed E-state index contributed by atoms with van der Waals surface area (Å²) in [6.07, 6.45) is 0.886. The predicted octanol–water partition coefficient (Wildman–Crippen LogP) is 2.41. The van der Waals surface area contributed by atoms with Crippen molar-refractivity contribution in [3.63, 3.8) is 0 Å². The molecule has 1 aromatic carbocycles. The minimum atomic E-state index is 0.707. The van der Waals surface area contributed by atoms with Gasteiger partial charge in [0.25, 0.3) is 0 Å². The Balaban J connectivity index is 3.27. The van der Waals surface area contributed by atoms with E-state index in [0.29, 0.717) is 5.56 Å². The van der Waals surface area contributed by atoms with Crippen LogP contribution in [0.25, 0.3) is 0 Å². The molecule has 0 amide bonds. The van der Waals surface area contributed by atoms with Gasteiger partial charge >= 0.3 is 0 Å². The molecular formula is C9H9NS. The van der Waals surface area contributed by atoms with Gasteiger partial charge in [-0.1, -0.05) is 19.1 Å². The zero-order chi connectivity index (χ0) is 8.27. The SMILES string of the molecule is CCc1cccc(S)c1C#N. The van der Waals surface area contributed by atoms with E-state index < -0.39 is 0 Å². The number of rotatable bonds is 1. The van der Waals surface area contributed by atoms with Gasteiger partial charge in [-0.25, -0.2) is 0 Å². The van der Waals surface area contributed by atoms with Gasteiger partial charge in [-0.3, -0.25) is 0 Å². The van der Waals surface area contributed by atoms with E-state index in [1.807, 2.05) is 25.1 Å². The first-order valence-electron chi connectivity index (χ1n) is 3.50. The fraction of sp³-hybridized carbons (Fsp3) is 0.222. The highest BCUT2D eigenvalue weighted by molar-refractivity contribution is 7.80. The molecule has 0 aliphatic carbocycles. The summed E-state index contributed by atoms with van der Waals surface area (Å²) in [5.41, 5.74) is 1.78. The number of hydrogen-bond donors (Lipinski definition) is 1. The van der Waals surface area contributed by atoms with Crippen LogP contribution in [-0.2, 0) is 6.42 Å². The third-order valence-electron chi connectivity index (χ3n) is 1.62. The lowest BCUT2D eigenvalue weighted by atomic mass is 10.1. The van der Waals surface area contributed by atoms with Crippen LogP contribution in [0.5, 0.6) is 0 Å². The molecule has 11 heavy (non-hydrogen) atoms. The van der Waals surface area contributed by atoms with Gasteiger partial charge in [0, 0.05) is 4.90 Å². The minimum absolute atomic E-state index is 0.707. The average Bonchev–Trinajstić information content (AvgIpc) is 2.04. The van der Waals surface area contributed by atoms with E-state index >= 15 is 0 Å². The largest absolute Gasteiger partial charge is 0.192 e. The monoisotopic (exact) mass is 163 g/mol. The van der Waals surface area contributed by atoms with Gasteiger partial charge in [0.05, 0.1) is 5.56 Å². The van der Waals surface area contributed by atoms with Crippen LogP contribution in [-0.4, -0.2) is 0 Å². The highest BCUT2D eigenvalue weighted by Gasteiger charge is 2.01. The molecule has 0 saturated carbocycles. The van der Waals surface area contributed by atoms with E-state index in [0.717, 1.165) is 16.9 Å². The van der Waals surface area contributed by atoms with Crippen LogP contribution in [0.2, 0.25) is 0 Å². The van der Waals surface area contributed by atoms with Gasteiger partial charge in [-0.2, -0.15) is 5.26 Å². The molecule has 1 aromatic rings. The summed E-state index contributed by atoms with van der Waals surface area (Å²) in [5.74, 6) is 0. The first kappa shape index (κ1) is 8.16. The molecule has 56 valence electrons. The molecule has 0 N–H and O–H groups in total. The van der Waals surface area contributed by atoms with Crippen molar-refractivity contribution in [1.82, 2.24) is 0 Å². The van der Waals surface area contributed by atoms with Crippen LogP contribution in [0.3, 0.4) is 0 Å². The smallest absolute Gasteiger partial charge is 0.101 e. The Kier molecular flexibility index (Phi) is 2.56. The van der Waals surface area contributed by atoms with E-state index in [2.05, 4.69) is 18.7 Å². The maximum atomic E-state index is 8.73. The maximum absolute atomic E-state index is 8.73. The molecule has 0 aromatic heterocycles. The highest BCUT2D eigenvalue weighted by atomic mass is 32.1. The second-order valence-electron chi connectivity index (χ2n) is 2.28. The normalized spacial score (nSPS) is 9.18.